The molecule has 0 radical (unpaired) electrons. The summed E-state index contributed by atoms with van der Waals surface area (Å²) in [5, 5.41) is 9.97. The first-order chi connectivity index (χ1) is 13.4. The fraction of sp³-hybridized carbons (Fsp3) is 0.227. The molecule has 0 spiro atoms. The number of nitrogens with two attached hydrogens (primary N) is 1. The Morgan fingerprint density at radius 3 is 2.57 bits per heavy atom. The third-order valence-electron chi connectivity index (χ3n) is 4.93. The molecule has 0 bridgehead atoms. The molecular formula is C22H23FN2O2S. The molecule has 2 aromatic rings. The Bertz CT molecular complexity index is 952. The Balaban J connectivity index is 1.92. The number of hydroxylamine groups is 2. The monoisotopic (exact) mass is 398 g/mol. The number of fused-ring (bicyclic) bond motifs is 1. The molecule has 0 aromatic heterocycles. The van der Waals surface area contributed by atoms with Crippen molar-refractivity contribution in [2.45, 2.75) is 24.7 Å². The van der Waals surface area contributed by atoms with Crippen molar-refractivity contribution in [2.24, 2.45) is 5.73 Å². The summed E-state index contributed by atoms with van der Waals surface area (Å²) < 4.78 is 13.9. The van der Waals surface area contributed by atoms with E-state index in [1.807, 2.05) is 19.2 Å². The number of halogens is 1. The van der Waals surface area contributed by atoms with E-state index in [1.165, 1.54) is 11.0 Å². The lowest BCUT2D eigenvalue weighted by molar-refractivity contribution is -0.0396. The number of thioether (sulfide) groups is 1. The Morgan fingerprint density at radius 1 is 1.21 bits per heavy atom. The molecule has 4 nitrogen and oxygen atoms in total. The van der Waals surface area contributed by atoms with Crippen LogP contribution in [0, 0.1) is 5.82 Å². The predicted octanol–water partition coefficient (Wildman–Crippen LogP) is 5.43. The molecule has 0 aliphatic heterocycles. The third-order valence-corrected chi connectivity index (χ3v) is 5.68. The molecule has 1 aliphatic rings. The molecule has 1 aliphatic carbocycles. The molecular weight excluding hydrogens is 375 g/mol. The van der Waals surface area contributed by atoms with Crippen molar-refractivity contribution in [3.8, 4) is 0 Å². The summed E-state index contributed by atoms with van der Waals surface area (Å²) in [5.74, 6) is -0.282. The number of carbonyl (C=O) groups excluding carboxylic acids is 1. The summed E-state index contributed by atoms with van der Waals surface area (Å²) in [6.07, 6.45) is 5.29. The number of rotatable bonds is 6. The fourth-order valence-electron chi connectivity index (χ4n) is 3.46. The van der Waals surface area contributed by atoms with Crippen LogP contribution < -0.4 is 5.73 Å². The molecule has 0 saturated heterocycles. The van der Waals surface area contributed by atoms with E-state index in [9.17, 15) is 14.4 Å². The molecule has 2 amide bonds. The van der Waals surface area contributed by atoms with Gasteiger partial charge in [-0.05, 0) is 89.8 Å². The Kier molecular flexibility index (Phi) is 6.21. The summed E-state index contributed by atoms with van der Waals surface area (Å²) in [4.78, 5) is 12.2. The van der Waals surface area contributed by atoms with E-state index in [0.29, 0.717) is 17.9 Å². The minimum atomic E-state index is -0.877. The summed E-state index contributed by atoms with van der Waals surface area (Å²) in [6.45, 7) is 2.16. The molecule has 3 rings (SSSR count). The lowest BCUT2D eigenvalue weighted by Gasteiger charge is -2.12. The normalized spacial score (nSPS) is 14.5. The maximum absolute atomic E-state index is 13.9. The molecule has 3 N–H and O–H groups in total. The van der Waals surface area contributed by atoms with E-state index in [4.69, 9.17) is 5.73 Å². The van der Waals surface area contributed by atoms with Crippen LogP contribution in [0.25, 0.3) is 17.2 Å². The number of hydrogen-bond donors (Lipinski definition) is 2. The zero-order valence-electron chi connectivity index (χ0n) is 15.9. The van der Waals surface area contributed by atoms with Crippen molar-refractivity contribution in [1.29, 1.82) is 0 Å². The Hall–Kier alpha value is -2.57. The average Bonchev–Trinajstić information content (AvgIpc) is 2.93. The minimum absolute atomic E-state index is 0.131. The van der Waals surface area contributed by atoms with Crippen molar-refractivity contribution in [1.82, 2.24) is 5.06 Å². The van der Waals surface area contributed by atoms with E-state index in [0.717, 1.165) is 33.4 Å². The van der Waals surface area contributed by atoms with Gasteiger partial charge in [-0.3, -0.25) is 5.21 Å². The zero-order valence-corrected chi connectivity index (χ0v) is 16.7. The molecule has 0 atom stereocenters. The first-order valence-corrected chi connectivity index (χ1v) is 10.2. The van der Waals surface area contributed by atoms with Crippen LogP contribution in [-0.4, -0.2) is 29.1 Å². The maximum Gasteiger partial charge on any atom is 0.338 e. The van der Waals surface area contributed by atoms with Crippen molar-refractivity contribution < 1.29 is 14.4 Å². The number of allylic oxidation sites excluding steroid dienone is 3. The van der Waals surface area contributed by atoms with E-state index >= 15 is 0 Å². The standard InChI is InChI=1S/C22H23FN2O2S/c1-14-18(4-3-11-25(27)22(24)26)21-13-16(23)7-10-19(21)20(14)12-15-5-8-17(28-2)9-6-15/h5-10,12-13,27H,3-4,11H2,1-2H3,(H2,24,26)/b20-12+. The second-order valence-electron chi connectivity index (χ2n) is 6.69. The Morgan fingerprint density at radius 2 is 1.93 bits per heavy atom. The second-order valence-corrected chi connectivity index (χ2v) is 7.57. The molecule has 0 heterocycles. The van der Waals surface area contributed by atoms with Gasteiger partial charge < -0.3 is 5.73 Å². The molecule has 28 heavy (non-hydrogen) atoms. The van der Waals surface area contributed by atoms with Gasteiger partial charge in [0, 0.05) is 4.90 Å². The average molecular weight is 399 g/mol. The highest BCUT2D eigenvalue weighted by molar-refractivity contribution is 7.98. The molecule has 146 valence electrons. The lowest BCUT2D eigenvalue weighted by atomic mass is 10.0. The van der Waals surface area contributed by atoms with Gasteiger partial charge in [0.2, 0.25) is 0 Å². The summed E-state index contributed by atoms with van der Waals surface area (Å²) in [7, 11) is 0. The van der Waals surface area contributed by atoms with Gasteiger partial charge in [0.25, 0.3) is 0 Å². The number of nitrogens with zero attached hydrogens (tertiary/aromatic N) is 1. The van der Waals surface area contributed by atoms with E-state index < -0.39 is 6.03 Å². The van der Waals surface area contributed by atoms with E-state index in [-0.39, 0.29) is 12.4 Å². The number of benzene rings is 2. The van der Waals surface area contributed by atoms with Crippen LogP contribution in [0.2, 0.25) is 0 Å². The maximum atomic E-state index is 13.9. The largest absolute Gasteiger partial charge is 0.350 e. The van der Waals surface area contributed by atoms with Crippen molar-refractivity contribution in [2.75, 3.05) is 12.8 Å². The quantitative estimate of drug-likeness (QED) is 0.388. The van der Waals surface area contributed by atoms with Gasteiger partial charge in [-0.1, -0.05) is 18.2 Å². The highest BCUT2D eigenvalue weighted by Gasteiger charge is 2.24. The van der Waals surface area contributed by atoms with Gasteiger partial charge in [-0.25, -0.2) is 14.2 Å². The number of primary amides is 1. The van der Waals surface area contributed by atoms with Crippen molar-refractivity contribution in [3.05, 3.63) is 70.5 Å². The van der Waals surface area contributed by atoms with Crippen LogP contribution in [0.15, 0.2) is 52.9 Å². The SMILES string of the molecule is CSc1ccc(/C=C2\C(C)=C(CCCN(O)C(N)=O)c3cc(F)ccc32)cc1. The van der Waals surface area contributed by atoms with Gasteiger partial charge in [0.05, 0.1) is 6.54 Å². The first kappa shape index (κ1) is 20.2. The van der Waals surface area contributed by atoms with Gasteiger partial charge in [-0.15, -0.1) is 11.8 Å². The predicted molar refractivity (Wildman–Crippen MR) is 112 cm³/mol. The molecule has 0 unspecified atom stereocenters. The van der Waals surface area contributed by atoms with Crippen LogP contribution in [0.3, 0.4) is 0 Å². The third kappa shape index (κ3) is 4.29. The molecule has 0 saturated carbocycles. The number of carbonyl (C=O) groups is 1. The summed E-state index contributed by atoms with van der Waals surface area (Å²) in [5.41, 5.74) is 11.2. The van der Waals surface area contributed by atoms with E-state index in [1.54, 1.807) is 17.8 Å². The van der Waals surface area contributed by atoms with Gasteiger partial charge >= 0.3 is 6.03 Å². The summed E-state index contributed by atoms with van der Waals surface area (Å²) in [6, 6.07) is 12.3. The fourth-order valence-corrected chi connectivity index (χ4v) is 3.87. The lowest BCUT2D eigenvalue weighted by Crippen LogP contribution is -2.33. The van der Waals surface area contributed by atoms with Gasteiger partial charge in [-0.2, -0.15) is 0 Å². The van der Waals surface area contributed by atoms with Crippen LogP contribution in [0.1, 0.15) is 36.5 Å². The highest BCUT2D eigenvalue weighted by atomic mass is 32.2. The smallest absolute Gasteiger partial charge is 0.338 e. The van der Waals surface area contributed by atoms with Gasteiger partial charge in [0.15, 0.2) is 0 Å². The van der Waals surface area contributed by atoms with Gasteiger partial charge in [0.1, 0.15) is 5.82 Å². The minimum Gasteiger partial charge on any atom is -0.350 e. The molecule has 6 heteroatoms. The Labute approximate surface area is 168 Å². The van der Waals surface area contributed by atoms with Crippen LogP contribution >= 0.6 is 11.8 Å². The zero-order chi connectivity index (χ0) is 20.3. The first-order valence-electron chi connectivity index (χ1n) is 9.02. The number of amides is 2. The topological polar surface area (TPSA) is 66.6 Å². The number of urea groups is 1. The summed E-state index contributed by atoms with van der Waals surface area (Å²) >= 11 is 1.70. The molecule has 2 aromatic carbocycles. The van der Waals surface area contributed by atoms with E-state index in [2.05, 4.69) is 30.3 Å². The number of hydrogen-bond acceptors (Lipinski definition) is 3. The molecule has 0 fully saturated rings. The van der Waals surface area contributed by atoms with Crippen LogP contribution in [-0.2, 0) is 0 Å². The van der Waals surface area contributed by atoms with Crippen LogP contribution in [0.5, 0.6) is 0 Å². The highest BCUT2D eigenvalue weighted by Crippen LogP contribution is 2.44. The van der Waals surface area contributed by atoms with Crippen molar-refractivity contribution in [3.63, 3.8) is 0 Å². The second kappa shape index (κ2) is 8.63. The van der Waals surface area contributed by atoms with Crippen molar-refractivity contribution >= 4 is 35.0 Å². The van der Waals surface area contributed by atoms with Crippen LogP contribution in [0.4, 0.5) is 9.18 Å².